The topological polar surface area (TPSA) is 65.5 Å². The number of anilines is 2. The van der Waals surface area contributed by atoms with Crippen molar-refractivity contribution in [3.05, 3.63) is 48.2 Å². The minimum Gasteiger partial charge on any atom is -0.357 e. The molecule has 30 heavy (non-hydrogen) atoms. The molecule has 7 heteroatoms. The maximum atomic E-state index is 12.7. The van der Waals surface area contributed by atoms with Crippen LogP contribution in [0.1, 0.15) is 37.7 Å². The van der Waals surface area contributed by atoms with Crippen LogP contribution in [0.2, 0.25) is 0 Å². The van der Waals surface area contributed by atoms with E-state index in [4.69, 9.17) is 0 Å². The number of piperidine rings is 1. The lowest BCUT2D eigenvalue weighted by atomic mass is 10.1. The molecule has 2 aromatic rings. The number of nitrogens with zero attached hydrogens (tertiary/aromatic N) is 3. The maximum absolute atomic E-state index is 12.7. The zero-order valence-corrected chi connectivity index (χ0v) is 18.0. The van der Waals surface area contributed by atoms with Gasteiger partial charge in [0.1, 0.15) is 5.82 Å². The van der Waals surface area contributed by atoms with Gasteiger partial charge in [-0.3, -0.25) is 9.59 Å². The van der Waals surface area contributed by atoms with Crippen molar-refractivity contribution in [2.24, 2.45) is 0 Å². The Kier molecular flexibility index (Phi) is 6.89. The number of carbonyl (C=O) groups is 2. The van der Waals surface area contributed by atoms with Gasteiger partial charge in [0.05, 0.1) is 5.69 Å². The van der Waals surface area contributed by atoms with Gasteiger partial charge in [0, 0.05) is 55.9 Å². The number of carbonyl (C=O) groups excluding carboxylic acids is 2. The molecular weight excluding hydrogens is 396 g/mol. The fourth-order valence-electron chi connectivity index (χ4n) is 3.94. The number of hydrogen-bond acceptors (Lipinski definition) is 5. The lowest BCUT2D eigenvalue weighted by Gasteiger charge is -2.29. The van der Waals surface area contributed by atoms with E-state index in [1.165, 1.54) is 19.3 Å². The third-order valence-corrected chi connectivity index (χ3v) is 6.62. The smallest absolute Gasteiger partial charge is 0.227 e. The fourth-order valence-corrected chi connectivity index (χ4v) is 4.93. The summed E-state index contributed by atoms with van der Waals surface area (Å²) >= 11 is 1.77. The molecule has 2 amide bonds. The summed E-state index contributed by atoms with van der Waals surface area (Å²) in [5.41, 5.74) is 1.99. The highest BCUT2D eigenvalue weighted by atomic mass is 32.2. The van der Waals surface area contributed by atoms with E-state index in [0.717, 1.165) is 40.8 Å². The molecule has 1 N–H and O–H groups in total. The number of fused-ring (bicyclic) bond motifs is 1. The summed E-state index contributed by atoms with van der Waals surface area (Å²) in [6.45, 7) is 3.24. The van der Waals surface area contributed by atoms with Crippen molar-refractivity contribution in [3.63, 3.8) is 0 Å². The van der Waals surface area contributed by atoms with E-state index in [1.54, 1.807) is 18.0 Å². The predicted octanol–water partition coefficient (Wildman–Crippen LogP) is 3.61. The SMILES string of the molecule is O=C(CCC(=O)N1CCSc2ccccc21)NCc1ccnc(N2CCCCC2)c1. The van der Waals surface area contributed by atoms with Crippen molar-refractivity contribution < 1.29 is 9.59 Å². The molecule has 2 aliphatic rings. The molecule has 4 rings (SSSR count). The highest BCUT2D eigenvalue weighted by molar-refractivity contribution is 7.99. The Balaban J connectivity index is 1.26. The van der Waals surface area contributed by atoms with Gasteiger partial charge in [0.15, 0.2) is 0 Å². The Bertz CT molecular complexity index is 898. The summed E-state index contributed by atoms with van der Waals surface area (Å²) in [6, 6.07) is 11.9. The zero-order chi connectivity index (χ0) is 20.8. The van der Waals surface area contributed by atoms with Crippen LogP contribution in [0.15, 0.2) is 47.5 Å². The van der Waals surface area contributed by atoms with Gasteiger partial charge in [0.25, 0.3) is 0 Å². The van der Waals surface area contributed by atoms with Gasteiger partial charge in [0.2, 0.25) is 11.8 Å². The lowest BCUT2D eigenvalue weighted by molar-refractivity contribution is -0.125. The number of amides is 2. The van der Waals surface area contributed by atoms with Crippen LogP contribution in [0.5, 0.6) is 0 Å². The van der Waals surface area contributed by atoms with Crippen molar-refractivity contribution in [2.75, 3.05) is 35.2 Å². The van der Waals surface area contributed by atoms with Crippen molar-refractivity contribution in [2.45, 2.75) is 43.5 Å². The van der Waals surface area contributed by atoms with Gasteiger partial charge < -0.3 is 15.1 Å². The van der Waals surface area contributed by atoms with Gasteiger partial charge in [-0.1, -0.05) is 12.1 Å². The van der Waals surface area contributed by atoms with Gasteiger partial charge in [-0.2, -0.15) is 0 Å². The number of rotatable bonds is 6. The molecular formula is C23H28N4O2S. The first-order chi connectivity index (χ1) is 14.7. The van der Waals surface area contributed by atoms with Crippen molar-refractivity contribution in [1.82, 2.24) is 10.3 Å². The summed E-state index contributed by atoms with van der Waals surface area (Å²) in [7, 11) is 0. The van der Waals surface area contributed by atoms with Crippen LogP contribution in [-0.4, -0.2) is 42.2 Å². The number of nitrogens with one attached hydrogen (secondary N) is 1. The first-order valence-electron chi connectivity index (χ1n) is 10.7. The van der Waals surface area contributed by atoms with Crippen LogP contribution < -0.4 is 15.1 Å². The van der Waals surface area contributed by atoms with E-state index in [9.17, 15) is 9.59 Å². The van der Waals surface area contributed by atoms with Crippen LogP contribution in [0, 0.1) is 0 Å². The molecule has 1 aromatic carbocycles. The van der Waals surface area contributed by atoms with E-state index < -0.39 is 0 Å². The number of thioether (sulfide) groups is 1. The van der Waals surface area contributed by atoms with Gasteiger partial charge >= 0.3 is 0 Å². The summed E-state index contributed by atoms with van der Waals surface area (Å²) in [5, 5.41) is 2.95. The fraction of sp³-hybridized carbons (Fsp3) is 0.435. The molecule has 0 bridgehead atoms. The summed E-state index contributed by atoms with van der Waals surface area (Å²) < 4.78 is 0. The molecule has 0 radical (unpaired) electrons. The van der Waals surface area contributed by atoms with Crippen molar-refractivity contribution in [3.8, 4) is 0 Å². The second kappa shape index (κ2) is 9.98. The standard InChI is InChI=1S/C23H28N4O2S/c28-22(8-9-23(29)27-14-15-30-20-7-3-2-6-19(20)27)25-17-18-10-11-24-21(16-18)26-12-4-1-5-13-26/h2-3,6-7,10-11,16H,1,4-5,8-9,12-15,17H2,(H,25,28). The molecule has 1 fully saturated rings. The monoisotopic (exact) mass is 424 g/mol. The Morgan fingerprint density at radius 2 is 1.87 bits per heavy atom. The Morgan fingerprint density at radius 3 is 2.73 bits per heavy atom. The summed E-state index contributed by atoms with van der Waals surface area (Å²) in [5.74, 6) is 1.78. The van der Waals surface area contributed by atoms with Crippen LogP contribution >= 0.6 is 11.8 Å². The van der Waals surface area contributed by atoms with Gasteiger partial charge in [-0.05, 0) is 49.1 Å². The normalized spacial score (nSPS) is 16.1. The Morgan fingerprint density at radius 1 is 1.03 bits per heavy atom. The van der Waals surface area contributed by atoms with E-state index in [-0.39, 0.29) is 24.7 Å². The van der Waals surface area contributed by atoms with E-state index in [2.05, 4.69) is 21.3 Å². The largest absolute Gasteiger partial charge is 0.357 e. The number of hydrogen-bond donors (Lipinski definition) is 1. The van der Waals surface area contributed by atoms with Crippen molar-refractivity contribution in [1.29, 1.82) is 0 Å². The third kappa shape index (κ3) is 5.14. The molecule has 0 saturated carbocycles. The molecule has 158 valence electrons. The first-order valence-corrected chi connectivity index (χ1v) is 11.7. The van der Waals surface area contributed by atoms with Gasteiger partial charge in [-0.15, -0.1) is 11.8 Å². The average molecular weight is 425 g/mol. The quantitative estimate of drug-likeness (QED) is 0.767. The van der Waals surface area contributed by atoms with Crippen LogP contribution in [0.4, 0.5) is 11.5 Å². The van der Waals surface area contributed by atoms with Gasteiger partial charge in [-0.25, -0.2) is 4.98 Å². The highest BCUT2D eigenvalue weighted by Crippen LogP contribution is 2.34. The molecule has 2 aliphatic heterocycles. The maximum Gasteiger partial charge on any atom is 0.227 e. The predicted molar refractivity (Wildman–Crippen MR) is 121 cm³/mol. The molecule has 0 atom stereocenters. The van der Waals surface area contributed by atoms with Crippen LogP contribution in [0.3, 0.4) is 0 Å². The molecule has 1 aromatic heterocycles. The molecule has 1 saturated heterocycles. The van der Waals surface area contributed by atoms with Crippen molar-refractivity contribution >= 4 is 35.1 Å². The molecule has 0 spiro atoms. The van der Waals surface area contributed by atoms with E-state index in [0.29, 0.717) is 13.1 Å². The average Bonchev–Trinajstić information content (AvgIpc) is 2.81. The number of pyridine rings is 1. The van der Waals surface area contributed by atoms with Crippen LogP contribution in [-0.2, 0) is 16.1 Å². The lowest BCUT2D eigenvalue weighted by Crippen LogP contribution is -2.36. The second-order valence-corrected chi connectivity index (χ2v) is 8.85. The summed E-state index contributed by atoms with van der Waals surface area (Å²) in [6.07, 6.45) is 5.93. The zero-order valence-electron chi connectivity index (χ0n) is 17.2. The molecule has 6 nitrogen and oxygen atoms in total. The van der Waals surface area contributed by atoms with Crippen LogP contribution in [0.25, 0.3) is 0 Å². The minimum absolute atomic E-state index is 0.00851. The number of aromatic nitrogens is 1. The van der Waals surface area contributed by atoms with E-state index >= 15 is 0 Å². The molecule has 0 aliphatic carbocycles. The second-order valence-electron chi connectivity index (χ2n) is 7.71. The third-order valence-electron chi connectivity index (χ3n) is 5.58. The van der Waals surface area contributed by atoms with E-state index in [1.807, 2.05) is 35.2 Å². The number of benzene rings is 1. The minimum atomic E-state index is -0.0978. The first kappa shape index (κ1) is 20.7. The highest BCUT2D eigenvalue weighted by Gasteiger charge is 2.22. The summed E-state index contributed by atoms with van der Waals surface area (Å²) in [4.78, 5) is 34.7. The Labute approximate surface area is 182 Å². The molecule has 3 heterocycles. The Hall–Kier alpha value is -2.54. The number of para-hydroxylation sites is 1. The molecule has 0 unspecified atom stereocenters.